The molecule has 1 heterocycles. The van der Waals surface area contributed by atoms with Gasteiger partial charge < -0.3 is 19.3 Å². The molecule has 0 radical (unpaired) electrons. The van der Waals surface area contributed by atoms with E-state index in [1.165, 1.54) is 270 Å². The van der Waals surface area contributed by atoms with Crippen molar-refractivity contribution in [2.45, 2.75) is 330 Å². The van der Waals surface area contributed by atoms with Gasteiger partial charge in [0.2, 0.25) is 11.8 Å². The van der Waals surface area contributed by atoms with Gasteiger partial charge in [-0.05, 0) is 84.3 Å². The van der Waals surface area contributed by atoms with Gasteiger partial charge in [0.1, 0.15) is 5.82 Å². The topological polar surface area (TPSA) is 61.7 Å². The summed E-state index contributed by atoms with van der Waals surface area (Å²) in [6, 6.07) is 0. The SMILES string of the molecule is CCCCCCCCCCN(CCCCCCCCCC)C(=O)CCCCCCCN(CCCCCCCC(=O)N(CCCCCCCCCC)CCCCCCCCCC)CCCn1ccnc1C. The van der Waals surface area contributed by atoms with Gasteiger partial charge >= 0.3 is 0 Å². The standard InChI is InChI=1S/C63H123N5O2/c1-6-10-14-18-22-26-36-44-55-67(56-45-37-27-23-19-15-11-7-2)62(69)49-40-32-30-34-42-52-65(54-48-59-66-60-51-64-61(66)5)53-43-35-31-33-41-50-63(70)68(57-46-38-28-24-20-16-12-8-3)58-47-39-29-25-21-17-13-9-4/h51,60H,6-50,52-59H2,1-5H3. The van der Waals surface area contributed by atoms with Crippen molar-refractivity contribution in [1.82, 2.24) is 24.3 Å². The monoisotopic (exact) mass is 982 g/mol. The van der Waals surface area contributed by atoms with Gasteiger partial charge in [-0.25, -0.2) is 4.98 Å². The van der Waals surface area contributed by atoms with Gasteiger partial charge in [0.25, 0.3) is 0 Å². The second-order valence-corrected chi connectivity index (χ2v) is 22.1. The Labute approximate surface area is 438 Å². The molecule has 0 aliphatic carbocycles. The molecule has 0 aromatic carbocycles. The average Bonchev–Trinajstić information content (AvgIpc) is 3.78. The molecular weight excluding hydrogens is 859 g/mol. The number of hydrogen-bond donors (Lipinski definition) is 0. The molecule has 0 atom stereocenters. The molecule has 1 aromatic rings. The van der Waals surface area contributed by atoms with Crippen LogP contribution in [0.1, 0.15) is 322 Å². The van der Waals surface area contributed by atoms with Gasteiger partial charge in [0, 0.05) is 58.0 Å². The minimum atomic E-state index is 0.418. The molecule has 7 heteroatoms. The van der Waals surface area contributed by atoms with Crippen molar-refractivity contribution >= 4 is 11.8 Å². The molecule has 0 aliphatic heterocycles. The molecule has 0 N–H and O–H groups in total. The molecule has 0 bridgehead atoms. The van der Waals surface area contributed by atoms with Crippen LogP contribution in [0.5, 0.6) is 0 Å². The smallest absolute Gasteiger partial charge is 0.222 e. The lowest BCUT2D eigenvalue weighted by Gasteiger charge is -2.23. The molecule has 1 aromatic heterocycles. The summed E-state index contributed by atoms with van der Waals surface area (Å²) in [7, 11) is 0. The van der Waals surface area contributed by atoms with E-state index in [0.29, 0.717) is 11.8 Å². The third-order valence-electron chi connectivity index (χ3n) is 15.4. The number of hydrogen-bond acceptors (Lipinski definition) is 4. The van der Waals surface area contributed by atoms with Crippen molar-refractivity contribution in [3.05, 3.63) is 18.2 Å². The van der Waals surface area contributed by atoms with E-state index in [0.717, 1.165) is 77.2 Å². The van der Waals surface area contributed by atoms with Crippen LogP contribution in [0, 0.1) is 6.92 Å². The summed E-state index contributed by atoms with van der Waals surface area (Å²) in [6.07, 6.45) is 60.9. The Morgan fingerprint density at radius 2 is 0.614 bits per heavy atom. The highest BCUT2D eigenvalue weighted by atomic mass is 16.2. The fourth-order valence-electron chi connectivity index (χ4n) is 10.5. The summed E-state index contributed by atoms with van der Waals surface area (Å²) < 4.78 is 2.29. The first-order chi connectivity index (χ1) is 34.5. The fourth-order valence-corrected chi connectivity index (χ4v) is 10.5. The molecule has 0 unspecified atom stereocenters. The minimum Gasteiger partial charge on any atom is -0.343 e. The van der Waals surface area contributed by atoms with Gasteiger partial charge in [0.15, 0.2) is 0 Å². The zero-order valence-corrected chi connectivity index (χ0v) is 48.2. The maximum atomic E-state index is 13.5. The normalized spacial score (nSPS) is 11.6. The molecule has 0 spiro atoms. The molecule has 0 saturated carbocycles. The Bertz CT molecular complexity index is 1130. The van der Waals surface area contributed by atoms with Gasteiger partial charge in [-0.1, -0.05) is 246 Å². The quantitative estimate of drug-likeness (QED) is 0.0610. The van der Waals surface area contributed by atoms with Crippen molar-refractivity contribution < 1.29 is 9.59 Å². The first kappa shape index (κ1) is 66.1. The van der Waals surface area contributed by atoms with Crippen molar-refractivity contribution in [3.63, 3.8) is 0 Å². The summed E-state index contributed by atoms with van der Waals surface area (Å²) in [5, 5.41) is 0. The van der Waals surface area contributed by atoms with Crippen molar-refractivity contribution in [2.75, 3.05) is 45.8 Å². The first-order valence-electron chi connectivity index (χ1n) is 31.7. The number of unbranched alkanes of at least 4 members (excludes halogenated alkanes) is 36. The number of aryl methyl sites for hydroxylation is 2. The maximum absolute atomic E-state index is 13.5. The van der Waals surface area contributed by atoms with Crippen molar-refractivity contribution in [3.8, 4) is 0 Å². The summed E-state index contributed by atoms with van der Waals surface area (Å²) in [6.45, 7) is 19.7. The predicted molar refractivity (Wildman–Crippen MR) is 307 cm³/mol. The van der Waals surface area contributed by atoms with E-state index in [2.05, 4.69) is 65.1 Å². The van der Waals surface area contributed by atoms with E-state index in [4.69, 9.17) is 0 Å². The van der Waals surface area contributed by atoms with Crippen LogP contribution in [0.25, 0.3) is 0 Å². The maximum Gasteiger partial charge on any atom is 0.222 e. The lowest BCUT2D eigenvalue weighted by atomic mass is 10.1. The molecule has 0 fully saturated rings. The Hall–Kier alpha value is -1.89. The van der Waals surface area contributed by atoms with Gasteiger partial charge in [-0.3, -0.25) is 9.59 Å². The number of carbonyl (C=O) groups excluding carboxylic acids is 2. The van der Waals surface area contributed by atoms with E-state index in [9.17, 15) is 9.59 Å². The van der Waals surface area contributed by atoms with Crippen LogP contribution < -0.4 is 0 Å². The van der Waals surface area contributed by atoms with Crippen LogP contribution in [0.2, 0.25) is 0 Å². The largest absolute Gasteiger partial charge is 0.343 e. The Morgan fingerprint density at radius 3 is 0.900 bits per heavy atom. The molecule has 412 valence electrons. The van der Waals surface area contributed by atoms with E-state index < -0.39 is 0 Å². The van der Waals surface area contributed by atoms with Crippen LogP contribution in [0.4, 0.5) is 0 Å². The molecule has 70 heavy (non-hydrogen) atoms. The number of imidazole rings is 1. The third kappa shape index (κ3) is 41.6. The highest BCUT2D eigenvalue weighted by Gasteiger charge is 2.15. The van der Waals surface area contributed by atoms with E-state index in [1.54, 1.807) is 0 Å². The van der Waals surface area contributed by atoms with Crippen molar-refractivity contribution in [1.29, 1.82) is 0 Å². The van der Waals surface area contributed by atoms with Gasteiger partial charge in [0.05, 0.1) is 0 Å². The Balaban J connectivity index is 2.49. The average molecular weight is 983 g/mol. The van der Waals surface area contributed by atoms with E-state index >= 15 is 0 Å². The van der Waals surface area contributed by atoms with Gasteiger partial charge in [-0.2, -0.15) is 0 Å². The zero-order chi connectivity index (χ0) is 50.6. The molecule has 0 saturated heterocycles. The summed E-state index contributed by atoms with van der Waals surface area (Å²) in [5.74, 6) is 1.95. The number of rotatable bonds is 56. The predicted octanol–water partition coefficient (Wildman–Crippen LogP) is 18.8. The number of carbonyl (C=O) groups is 2. The molecule has 2 amide bonds. The van der Waals surface area contributed by atoms with E-state index in [1.807, 2.05) is 6.20 Å². The van der Waals surface area contributed by atoms with Crippen LogP contribution in [0.3, 0.4) is 0 Å². The van der Waals surface area contributed by atoms with Crippen LogP contribution in [-0.2, 0) is 16.1 Å². The lowest BCUT2D eigenvalue weighted by molar-refractivity contribution is -0.132. The first-order valence-corrected chi connectivity index (χ1v) is 31.7. The number of aromatic nitrogens is 2. The van der Waals surface area contributed by atoms with Gasteiger partial charge in [-0.15, -0.1) is 0 Å². The second-order valence-electron chi connectivity index (χ2n) is 22.1. The van der Waals surface area contributed by atoms with E-state index in [-0.39, 0.29) is 0 Å². The lowest BCUT2D eigenvalue weighted by Crippen LogP contribution is -2.32. The number of amides is 2. The molecule has 0 aliphatic rings. The fraction of sp³-hybridized carbons (Fsp3) is 0.921. The third-order valence-corrected chi connectivity index (χ3v) is 15.4. The minimum absolute atomic E-state index is 0.418. The Morgan fingerprint density at radius 1 is 0.357 bits per heavy atom. The van der Waals surface area contributed by atoms with Crippen LogP contribution >= 0.6 is 0 Å². The van der Waals surface area contributed by atoms with Crippen LogP contribution in [0.15, 0.2) is 12.4 Å². The number of nitrogens with zero attached hydrogens (tertiary/aromatic N) is 5. The second kappa shape index (κ2) is 52.0. The molecular formula is C63H123N5O2. The van der Waals surface area contributed by atoms with Crippen LogP contribution in [-0.4, -0.2) is 81.9 Å². The highest BCUT2D eigenvalue weighted by molar-refractivity contribution is 5.76. The van der Waals surface area contributed by atoms with Crippen molar-refractivity contribution in [2.24, 2.45) is 0 Å². The Kier molecular flexibility index (Phi) is 49.1. The zero-order valence-electron chi connectivity index (χ0n) is 48.2. The summed E-state index contributed by atoms with van der Waals surface area (Å²) in [5.41, 5.74) is 0. The molecule has 7 nitrogen and oxygen atoms in total. The summed E-state index contributed by atoms with van der Waals surface area (Å²) >= 11 is 0. The summed E-state index contributed by atoms with van der Waals surface area (Å²) in [4.78, 5) is 38.7. The molecule has 1 rings (SSSR count). The highest BCUT2D eigenvalue weighted by Crippen LogP contribution is 2.17.